The largest absolute Gasteiger partial charge is 0.478 e. The number of benzene rings is 3. The molecule has 0 atom stereocenters. The lowest BCUT2D eigenvalue weighted by Gasteiger charge is -2.15. The van der Waals surface area contributed by atoms with Crippen LogP contribution in [0.1, 0.15) is 27.0 Å². The number of amides is 1. The Hall–Kier alpha value is -3.64. The zero-order chi connectivity index (χ0) is 22.5. The second-order valence-electron chi connectivity index (χ2n) is 7.46. The van der Waals surface area contributed by atoms with Crippen molar-refractivity contribution < 1.29 is 14.7 Å². The monoisotopic (exact) mass is 442 g/mol. The Labute approximate surface area is 191 Å². The van der Waals surface area contributed by atoms with E-state index in [1.165, 1.54) is 23.9 Å². The van der Waals surface area contributed by atoms with Crippen LogP contribution in [0, 0.1) is 6.92 Å². The van der Waals surface area contributed by atoms with Crippen molar-refractivity contribution in [2.24, 2.45) is 4.99 Å². The molecule has 0 spiro atoms. The Bertz CT molecular complexity index is 1180. The number of carbonyl (C=O) groups is 2. The maximum absolute atomic E-state index is 13.2. The van der Waals surface area contributed by atoms with Crippen LogP contribution >= 0.6 is 11.8 Å². The summed E-state index contributed by atoms with van der Waals surface area (Å²) in [6.07, 6.45) is 2.51. The van der Waals surface area contributed by atoms with Gasteiger partial charge in [0.25, 0.3) is 5.91 Å². The number of aryl methyl sites for hydroxylation is 1. The number of carboxylic acid groups (broad SMARTS) is 1. The maximum Gasteiger partial charge on any atom is 0.335 e. The number of carbonyl (C=O) groups excluding carboxylic acids is 1. The van der Waals surface area contributed by atoms with E-state index in [4.69, 9.17) is 10.1 Å². The van der Waals surface area contributed by atoms with E-state index in [-0.39, 0.29) is 11.5 Å². The maximum atomic E-state index is 13.2. The molecular formula is C26H22N2O3S. The van der Waals surface area contributed by atoms with Crippen molar-refractivity contribution in [2.75, 3.05) is 6.54 Å². The molecule has 0 aliphatic carbocycles. The van der Waals surface area contributed by atoms with Crippen molar-refractivity contribution in [3.05, 3.63) is 106 Å². The molecule has 1 aliphatic heterocycles. The highest BCUT2D eigenvalue weighted by Crippen LogP contribution is 2.34. The highest BCUT2D eigenvalue weighted by Gasteiger charge is 2.33. The highest BCUT2D eigenvalue weighted by molar-refractivity contribution is 8.18. The molecule has 3 aromatic carbocycles. The number of hydrogen-bond acceptors (Lipinski definition) is 4. The van der Waals surface area contributed by atoms with Gasteiger partial charge in [0.2, 0.25) is 0 Å². The quantitative estimate of drug-likeness (QED) is 0.509. The summed E-state index contributed by atoms with van der Waals surface area (Å²) in [5.74, 6) is -1.07. The normalized spacial score (nSPS) is 16.2. The summed E-state index contributed by atoms with van der Waals surface area (Å²) in [7, 11) is 0. The standard InChI is InChI=1S/C26H22N2O3S/c1-18-7-13-22(14-8-18)27-26-28(16-15-19-5-3-2-4-6-19)24(29)23(32-26)17-20-9-11-21(12-10-20)25(30)31/h2-14,17H,15-16H2,1H3,(H,30,31)/b23-17+,27-26?. The smallest absolute Gasteiger partial charge is 0.335 e. The topological polar surface area (TPSA) is 70.0 Å². The molecule has 6 heteroatoms. The molecule has 0 unspecified atom stereocenters. The van der Waals surface area contributed by atoms with Gasteiger partial charge in [-0.1, -0.05) is 60.2 Å². The third kappa shape index (κ3) is 5.15. The van der Waals surface area contributed by atoms with Gasteiger partial charge in [0, 0.05) is 6.54 Å². The summed E-state index contributed by atoms with van der Waals surface area (Å²) in [6, 6.07) is 24.4. The number of thioether (sulfide) groups is 1. The first-order chi connectivity index (χ1) is 15.5. The third-order valence-electron chi connectivity index (χ3n) is 5.07. The fourth-order valence-corrected chi connectivity index (χ4v) is 4.30. The number of nitrogens with zero attached hydrogens (tertiary/aromatic N) is 2. The minimum Gasteiger partial charge on any atom is -0.478 e. The molecule has 0 saturated carbocycles. The zero-order valence-corrected chi connectivity index (χ0v) is 18.4. The lowest BCUT2D eigenvalue weighted by molar-refractivity contribution is -0.122. The SMILES string of the molecule is Cc1ccc(N=C2S/C(=C/c3ccc(C(=O)O)cc3)C(=O)N2CCc2ccccc2)cc1. The van der Waals surface area contributed by atoms with Crippen LogP contribution in [0.5, 0.6) is 0 Å². The van der Waals surface area contributed by atoms with Crippen molar-refractivity contribution >= 4 is 40.6 Å². The van der Waals surface area contributed by atoms with E-state index < -0.39 is 5.97 Å². The van der Waals surface area contributed by atoms with Crippen LogP contribution in [0.4, 0.5) is 5.69 Å². The zero-order valence-electron chi connectivity index (χ0n) is 17.6. The van der Waals surface area contributed by atoms with Gasteiger partial charge in [-0.25, -0.2) is 9.79 Å². The fourth-order valence-electron chi connectivity index (χ4n) is 3.28. The molecule has 4 rings (SSSR count). The van der Waals surface area contributed by atoms with E-state index >= 15 is 0 Å². The van der Waals surface area contributed by atoms with Gasteiger partial charge in [-0.2, -0.15) is 0 Å². The van der Waals surface area contributed by atoms with Gasteiger partial charge in [0.1, 0.15) is 0 Å². The summed E-state index contributed by atoms with van der Waals surface area (Å²) in [4.78, 5) is 31.3. The number of amidine groups is 1. The Kier molecular flexibility index (Phi) is 6.52. The van der Waals surface area contributed by atoms with E-state index in [1.807, 2.05) is 61.5 Å². The molecule has 1 amide bonds. The molecule has 1 aliphatic rings. The van der Waals surface area contributed by atoms with E-state index in [9.17, 15) is 9.59 Å². The summed E-state index contributed by atoms with van der Waals surface area (Å²) in [6.45, 7) is 2.54. The lowest BCUT2D eigenvalue weighted by Crippen LogP contribution is -2.31. The summed E-state index contributed by atoms with van der Waals surface area (Å²) in [5.41, 5.74) is 4.08. The van der Waals surface area contributed by atoms with Gasteiger partial charge in [0.15, 0.2) is 5.17 Å². The average molecular weight is 443 g/mol. The Morgan fingerprint density at radius 2 is 1.69 bits per heavy atom. The van der Waals surface area contributed by atoms with Crippen molar-refractivity contribution in [1.82, 2.24) is 4.90 Å². The van der Waals surface area contributed by atoms with Crippen molar-refractivity contribution in [2.45, 2.75) is 13.3 Å². The molecule has 1 fully saturated rings. The number of rotatable bonds is 6. The predicted octanol–water partition coefficient (Wildman–Crippen LogP) is 5.54. The van der Waals surface area contributed by atoms with Gasteiger partial charge < -0.3 is 5.11 Å². The fraction of sp³-hybridized carbons (Fsp3) is 0.115. The van der Waals surface area contributed by atoms with Gasteiger partial charge in [-0.15, -0.1) is 0 Å². The number of hydrogen-bond donors (Lipinski definition) is 1. The minimum absolute atomic E-state index is 0.0981. The molecule has 3 aromatic rings. The van der Waals surface area contributed by atoms with E-state index in [0.29, 0.717) is 16.6 Å². The number of aliphatic imine (C=N–C) groups is 1. The van der Waals surface area contributed by atoms with Crippen LogP contribution < -0.4 is 0 Å². The Morgan fingerprint density at radius 1 is 1.00 bits per heavy atom. The molecule has 1 saturated heterocycles. The Balaban J connectivity index is 1.62. The second kappa shape index (κ2) is 9.66. The summed E-state index contributed by atoms with van der Waals surface area (Å²) in [5, 5.41) is 9.73. The average Bonchev–Trinajstić information content (AvgIpc) is 3.09. The van der Waals surface area contributed by atoms with Crippen LogP contribution in [-0.4, -0.2) is 33.6 Å². The molecule has 5 nitrogen and oxygen atoms in total. The summed E-state index contributed by atoms with van der Waals surface area (Å²) >= 11 is 1.34. The number of carboxylic acids is 1. The van der Waals surface area contributed by atoms with Crippen LogP contribution in [0.2, 0.25) is 0 Å². The van der Waals surface area contributed by atoms with Crippen LogP contribution in [0.25, 0.3) is 6.08 Å². The van der Waals surface area contributed by atoms with Crippen LogP contribution in [0.3, 0.4) is 0 Å². The molecule has 0 bridgehead atoms. The molecular weight excluding hydrogens is 420 g/mol. The first-order valence-electron chi connectivity index (χ1n) is 10.2. The van der Waals surface area contributed by atoms with Crippen LogP contribution in [0.15, 0.2) is 88.8 Å². The first kappa shape index (κ1) is 21.6. The van der Waals surface area contributed by atoms with Crippen molar-refractivity contribution in [1.29, 1.82) is 0 Å². The van der Waals surface area contributed by atoms with Crippen molar-refractivity contribution in [3.8, 4) is 0 Å². The Morgan fingerprint density at radius 3 is 2.34 bits per heavy atom. The first-order valence-corrected chi connectivity index (χ1v) is 11.1. The predicted molar refractivity (Wildman–Crippen MR) is 129 cm³/mol. The van der Waals surface area contributed by atoms with Gasteiger partial charge >= 0.3 is 5.97 Å². The molecule has 1 N–H and O–H groups in total. The minimum atomic E-state index is -0.977. The van der Waals surface area contributed by atoms with Gasteiger partial charge in [0.05, 0.1) is 16.2 Å². The van der Waals surface area contributed by atoms with Crippen LogP contribution in [-0.2, 0) is 11.2 Å². The van der Waals surface area contributed by atoms with Gasteiger partial charge in [-0.05, 0) is 66.6 Å². The molecule has 160 valence electrons. The highest BCUT2D eigenvalue weighted by atomic mass is 32.2. The number of aromatic carboxylic acids is 1. The third-order valence-corrected chi connectivity index (χ3v) is 6.08. The lowest BCUT2D eigenvalue weighted by atomic mass is 10.1. The van der Waals surface area contributed by atoms with E-state index in [0.717, 1.165) is 28.8 Å². The van der Waals surface area contributed by atoms with Crippen molar-refractivity contribution in [3.63, 3.8) is 0 Å². The van der Waals surface area contributed by atoms with Gasteiger partial charge in [-0.3, -0.25) is 9.69 Å². The molecule has 0 aromatic heterocycles. The van der Waals surface area contributed by atoms with E-state index in [2.05, 4.69) is 0 Å². The second-order valence-corrected chi connectivity index (χ2v) is 8.47. The molecule has 32 heavy (non-hydrogen) atoms. The van der Waals surface area contributed by atoms with E-state index in [1.54, 1.807) is 23.1 Å². The summed E-state index contributed by atoms with van der Waals surface area (Å²) < 4.78 is 0. The molecule has 0 radical (unpaired) electrons. The molecule has 1 heterocycles.